The van der Waals surface area contributed by atoms with Crippen LogP contribution in [0.5, 0.6) is 0 Å². The zero-order valence-electron chi connectivity index (χ0n) is 24.0. The summed E-state index contributed by atoms with van der Waals surface area (Å²) < 4.78 is 10.9. The number of carbonyl (C=O) groups is 4. The van der Waals surface area contributed by atoms with Gasteiger partial charge in [0, 0.05) is 23.9 Å². The third-order valence-electron chi connectivity index (χ3n) is 8.12. The van der Waals surface area contributed by atoms with Crippen molar-refractivity contribution in [3.05, 3.63) is 70.7 Å². The maximum absolute atomic E-state index is 13.6. The van der Waals surface area contributed by atoms with Gasteiger partial charge < -0.3 is 25.4 Å². The first-order chi connectivity index (χ1) is 20.3. The van der Waals surface area contributed by atoms with E-state index in [1.165, 1.54) is 7.11 Å². The van der Waals surface area contributed by atoms with Gasteiger partial charge in [0.05, 0.1) is 7.11 Å². The van der Waals surface area contributed by atoms with Crippen molar-refractivity contribution < 1.29 is 28.7 Å². The van der Waals surface area contributed by atoms with Crippen LogP contribution in [-0.4, -0.2) is 49.6 Å². The molecule has 1 saturated carbocycles. The number of rotatable bonds is 12. The van der Waals surface area contributed by atoms with Crippen LogP contribution in [0.1, 0.15) is 68.6 Å². The third kappa shape index (κ3) is 9.21. The largest absolute Gasteiger partial charge is 0.467 e. The Balaban J connectivity index is 1.49. The van der Waals surface area contributed by atoms with E-state index in [4.69, 9.17) is 21.1 Å². The van der Waals surface area contributed by atoms with E-state index in [2.05, 4.69) is 16.0 Å². The normalized spacial score (nSPS) is 19.2. The Hall–Kier alpha value is -3.59. The highest BCUT2D eigenvalue weighted by Gasteiger charge is 2.35. The minimum atomic E-state index is -1.01. The number of hydrogen-bond donors (Lipinski definition) is 3. The molecule has 1 aliphatic heterocycles. The van der Waals surface area contributed by atoms with E-state index in [0.29, 0.717) is 30.8 Å². The molecule has 4 atom stereocenters. The van der Waals surface area contributed by atoms with Crippen LogP contribution in [-0.2, 0) is 30.3 Å². The highest BCUT2D eigenvalue weighted by molar-refractivity contribution is 6.30. The van der Waals surface area contributed by atoms with Crippen LogP contribution in [0.15, 0.2) is 54.6 Å². The molecule has 2 aromatic rings. The van der Waals surface area contributed by atoms with Gasteiger partial charge in [-0.2, -0.15) is 0 Å². The molecule has 2 aliphatic rings. The second-order valence-electron chi connectivity index (χ2n) is 11.2. The third-order valence-corrected chi connectivity index (χ3v) is 8.35. The van der Waals surface area contributed by atoms with Gasteiger partial charge in [0.25, 0.3) is 0 Å². The number of methoxy groups -OCH3 is 1. The van der Waals surface area contributed by atoms with Gasteiger partial charge in [-0.1, -0.05) is 86.2 Å². The predicted octanol–water partition coefficient (Wildman–Crippen LogP) is 4.87. The molecule has 2 aromatic carbocycles. The van der Waals surface area contributed by atoms with Gasteiger partial charge in [-0.05, 0) is 48.4 Å². The van der Waals surface area contributed by atoms with Crippen LogP contribution in [0.25, 0.3) is 0 Å². The molecule has 9 nitrogen and oxygen atoms in total. The molecule has 226 valence electrons. The van der Waals surface area contributed by atoms with Gasteiger partial charge in [0.1, 0.15) is 18.2 Å². The lowest BCUT2D eigenvalue weighted by molar-refractivity contribution is -0.146. The second-order valence-corrected chi connectivity index (χ2v) is 11.6. The maximum atomic E-state index is 13.6. The lowest BCUT2D eigenvalue weighted by atomic mass is 9.84. The van der Waals surface area contributed by atoms with Crippen molar-refractivity contribution in [1.82, 2.24) is 16.0 Å². The van der Waals surface area contributed by atoms with Crippen molar-refractivity contribution in [3.8, 4) is 0 Å². The molecule has 0 spiro atoms. The molecular weight excluding hydrogens is 558 g/mol. The fourth-order valence-electron chi connectivity index (χ4n) is 5.85. The van der Waals surface area contributed by atoms with Crippen LogP contribution in [0, 0.1) is 11.8 Å². The van der Waals surface area contributed by atoms with Gasteiger partial charge in [0.15, 0.2) is 0 Å². The molecule has 42 heavy (non-hydrogen) atoms. The van der Waals surface area contributed by atoms with E-state index in [1.54, 1.807) is 6.07 Å². The van der Waals surface area contributed by atoms with E-state index in [0.717, 1.165) is 43.2 Å². The van der Waals surface area contributed by atoms with Crippen LogP contribution < -0.4 is 16.0 Å². The molecule has 1 heterocycles. The van der Waals surface area contributed by atoms with Gasteiger partial charge in [-0.15, -0.1) is 0 Å². The van der Waals surface area contributed by atoms with E-state index in [1.807, 2.05) is 48.5 Å². The average Bonchev–Trinajstić information content (AvgIpc) is 3.40. The van der Waals surface area contributed by atoms with Gasteiger partial charge in [-0.25, -0.2) is 9.59 Å². The smallest absolute Gasteiger partial charge is 0.408 e. The number of amides is 3. The highest BCUT2D eigenvalue weighted by atomic mass is 35.5. The molecule has 3 amide bonds. The molecule has 4 rings (SSSR count). The van der Waals surface area contributed by atoms with Gasteiger partial charge in [-0.3, -0.25) is 9.59 Å². The van der Waals surface area contributed by atoms with Crippen molar-refractivity contribution in [2.75, 3.05) is 13.7 Å². The quantitative estimate of drug-likeness (QED) is 0.300. The number of ether oxygens (including phenoxy) is 2. The molecule has 0 aromatic heterocycles. The molecule has 1 saturated heterocycles. The Kier molecular flexibility index (Phi) is 11.6. The standard InChI is InChI=1S/C32H40ClN3O6/c1-41-31(39)27(20-24-15-16-34-29(24)37)35-30(38)26(18-21-9-4-2-5-10-21)36-32(40)42-28(23-12-6-3-7-13-23)19-22-11-8-14-25(33)17-22/h3,6-8,11-14,17,21,24,26-28H,2,4-5,9-10,15-16,18-20H2,1H3,(H,34,37)(H,35,38)(H,36,40)/t24?,26-,27-,28?/m0/s1. The van der Waals surface area contributed by atoms with Crippen LogP contribution in [0.2, 0.25) is 5.02 Å². The van der Waals surface area contributed by atoms with Crippen molar-refractivity contribution in [2.45, 2.75) is 76.0 Å². The van der Waals surface area contributed by atoms with Crippen molar-refractivity contribution >= 4 is 35.5 Å². The first kappa shape index (κ1) is 31.3. The first-order valence-electron chi connectivity index (χ1n) is 14.7. The fourth-order valence-corrected chi connectivity index (χ4v) is 6.06. The SMILES string of the molecule is COC(=O)[C@H](CC1CCNC1=O)NC(=O)[C@H](CC1CCCCC1)NC(=O)OC(Cc1cccc(Cl)c1)c1ccccc1. The monoisotopic (exact) mass is 597 g/mol. The summed E-state index contributed by atoms with van der Waals surface area (Å²) in [4.78, 5) is 51.7. The summed E-state index contributed by atoms with van der Waals surface area (Å²) >= 11 is 6.19. The number of benzene rings is 2. The minimum Gasteiger partial charge on any atom is -0.467 e. The summed E-state index contributed by atoms with van der Waals surface area (Å²) in [6, 6.07) is 14.8. The van der Waals surface area contributed by atoms with Crippen molar-refractivity contribution in [1.29, 1.82) is 0 Å². The second kappa shape index (κ2) is 15.6. The number of nitrogens with one attached hydrogen (secondary N) is 3. The summed E-state index contributed by atoms with van der Waals surface area (Å²) in [5.41, 5.74) is 1.71. The number of halogens is 1. The van der Waals surface area contributed by atoms with Crippen molar-refractivity contribution in [3.63, 3.8) is 0 Å². The maximum Gasteiger partial charge on any atom is 0.408 e. The van der Waals surface area contributed by atoms with Gasteiger partial charge >= 0.3 is 12.1 Å². The molecule has 2 unspecified atom stereocenters. The van der Waals surface area contributed by atoms with E-state index < -0.39 is 42.1 Å². The number of hydrogen-bond acceptors (Lipinski definition) is 6. The van der Waals surface area contributed by atoms with E-state index in [9.17, 15) is 19.2 Å². The molecule has 1 aliphatic carbocycles. The Morgan fingerprint density at radius 1 is 0.952 bits per heavy atom. The van der Waals surface area contributed by atoms with Gasteiger partial charge in [0.2, 0.25) is 11.8 Å². The fraction of sp³-hybridized carbons (Fsp3) is 0.500. The Labute approximate surface area is 252 Å². The highest BCUT2D eigenvalue weighted by Crippen LogP contribution is 2.28. The Morgan fingerprint density at radius 2 is 1.71 bits per heavy atom. The van der Waals surface area contributed by atoms with Crippen LogP contribution in [0.4, 0.5) is 4.79 Å². The van der Waals surface area contributed by atoms with Crippen LogP contribution in [0.3, 0.4) is 0 Å². The number of alkyl carbamates (subject to hydrolysis) is 1. The zero-order valence-corrected chi connectivity index (χ0v) is 24.7. The summed E-state index contributed by atoms with van der Waals surface area (Å²) in [5.74, 6) is -1.43. The lowest BCUT2D eigenvalue weighted by Crippen LogP contribution is -2.53. The zero-order chi connectivity index (χ0) is 29.9. The number of carbonyl (C=O) groups excluding carboxylic acids is 4. The predicted molar refractivity (Wildman–Crippen MR) is 159 cm³/mol. The molecule has 0 bridgehead atoms. The number of esters is 1. The summed E-state index contributed by atoms with van der Waals surface area (Å²) in [5, 5.41) is 8.90. The molecule has 10 heteroatoms. The summed E-state index contributed by atoms with van der Waals surface area (Å²) in [7, 11) is 1.25. The first-order valence-corrected chi connectivity index (χ1v) is 15.1. The van der Waals surface area contributed by atoms with Crippen molar-refractivity contribution in [2.24, 2.45) is 11.8 Å². The molecule has 0 radical (unpaired) electrons. The minimum absolute atomic E-state index is 0.126. The lowest BCUT2D eigenvalue weighted by Gasteiger charge is -2.28. The summed E-state index contributed by atoms with van der Waals surface area (Å²) in [6.45, 7) is 0.529. The van der Waals surface area contributed by atoms with E-state index in [-0.39, 0.29) is 18.2 Å². The van der Waals surface area contributed by atoms with Crippen LogP contribution >= 0.6 is 11.6 Å². The Morgan fingerprint density at radius 3 is 2.38 bits per heavy atom. The average molecular weight is 598 g/mol. The topological polar surface area (TPSA) is 123 Å². The molecular formula is C32H40ClN3O6. The Bertz CT molecular complexity index is 1220. The molecule has 2 fully saturated rings. The summed E-state index contributed by atoms with van der Waals surface area (Å²) in [6.07, 6.45) is 5.38. The van der Waals surface area contributed by atoms with E-state index >= 15 is 0 Å². The molecule has 3 N–H and O–H groups in total.